The van der Waals surface area contributed by atoms with Gasteiger partial charge in [0.1, 0.15) is 0 Å². The van der Waals surface area contributed by atoms with Gasteiger partial charge < -0.3 is 14.9 Å². The Balaban J connectivity index is 3.07. The maximum atomic E-state index is 10.3. The smallest absolute Gasteiger partial charge is 0.504 e. The molecule has 0 fully saturated rings. The second kappa shape index (κ2) is 3.80. The van der Waals surface area contributed by atoms with E-state index in [1.165, 1.54) is 6.07 Å². The molecule has 1 aromatic rings. The molecular weight excluding hydrogens is 172 g/mol. The number of hydrogen-bond acceptors (Lipinski definition) is 3. The number of aromatic hydroxyl groups is 1. The standard InChI is InChI=1S/C9H10O4/c1-2-6-4-3-5-7(10)8(6)13-9(11)12/h3-5,10H,2H2,1H3,(H,11,12). The van der Waals surface area contributed by atoms with Crippen LogP contribution in [0.1, 0.15) is 12.5 Å². The summed E-state index contributed by atoms with van der Waals surface area (Å²) in [6.45, 7) is 1.85. The minimum absolute atomic E-state index is 0.0255. The molecule has 1 rings (SSSR count). The van der Waals surface area contributed by atoms with E-state index < -0.39 is 6.16 Å². The summed E-state index contributed by atoms with van der Waals surface area (Å²) in [4.78, 5) is 10.3. The highest BCUT2D eigenvalue weighted by atomic mass is 16.7. The minimum Gasteiger partial charge on any atom is -0.504 e. The molecule has 0 aliphatic rings. The molecule has 0 bridgehead atoms. The maximum Gasteiger partial charge on any atom is 0.511 e. The molecule has 1 aromatic carbocycles. The van der Waals surface area contributed by atoms with Gasteiger partial charge in [-0.3, -0.25) is 0 Å². The zero-order valence-corrected chi connectivity index (χ0v) is 7.15. The number of hydrogen-bond donors (Lipinski definition) is 2. The largest absolute Gasteiger partial charge is 0.511 e. The Hall–Kier alpha value is -1.71. The Labute approximate surface area is 75.4 Å². The Morgan fingerprint density at radius 2 is 2.23 bits per heavy atom. The van der Waals surface area contributed by atoms with Crippen molar-refractivity contribution in [2.75, 3.05) is 0 Å². The van der Waals surface area contributed by atoms with Gasteiger partial charge in [-0.2, -0.15) is 0 Å². The van der Waals surface area contributed by atoms with E-state index in [4.69, 9.17) is 5.11 Å². The van der Waals surface area contributed by atoms with E-state index >= 15 is 0 Å². The Morgan fingerprint density at radius 1 is 1.54 bits per heavy atom. The summed E-state index contributed by atoms with van der Waals surface area (Å²) in [5.74, 6) is -0.126. The molecule has 0 saturated heterocycles. The lowest BCUT2D eigenvalue weighted by atomic mass is 10.1. The zero-order chi connectivity index (χ0) is 9.84. The summed E-state index contributed by atoms with van der Waals surface area (Å²) >= 11 is 0. The number of para-hydroxylation sites is 1. The van der Waals surface area contributed by atoms with Crippen LogP contribution < -0.4 is 4.74 Å². The van der Waals surface area contributed by atoms with E-state index in [9.17, 15) is 9.90 Å². The van der Waals surface area contributed by atoms with Crippen LogP contribution in [0.4, 0.5) is 4.79 Å². The molecule has 0 saturated carbocycles. The Bertz CT molecular complexity index is 319. The molecular formula is C9H10O4. The highest BCUT2D eigenvalue weighted by Crippen LogP contribution is 2.30. The second-order valence-corrected chi connectivity index (χ2v) is 2.49. The average Bonchev–Trinajstić information content (AvgIpc) is 2.08. The normalized spacial score (nSPS) is 9.62. The van der Waals surface area contributed by atoms with Crippen LogP contribution >= 0.6 is 0 Å². The number of benzene rings is 1. The molecule has 0 heterocycles. The van der Waals surface area contributed by atoms with Gasteiger partial charge >= 0.3 is 6.16 Å². The summed E-state index contributed by atoms with van der Waals surface area (Å²) in [5.41, 5.74) is 0.669. The number of carboxylic acid groups (broad SMARTS) is 1. The fraction of sp³-hybridized carbons (Fsp3) is 0.222. The Morgan fingerprint density at radius 3 is 2.77 bits per heavy atom. The fourth-order valence-corrected chi connectivity index (χ4v) is 1.05. The lowest BCUT2D eigenvalue weighted by Crippen LogP contribution is -2.05. The van der Waals surface area contributed by atoms with Gasteiger partial charge in [-0.05, 0) is 18.1 Å². The fourth-order valence-electron chi connectivity index (χ4n) is 1.05. The first-order valence-electron chi connectivity index (χ1n) is 3.86. The molecule has 0 spiro atoms. The van der Waals surface area contributed by atoms with Gasteiger partial charge in [-0.25, -0.2) is 4.79 Å². The molecule has 0 aromatic heterocycles. The average molecular weight is 182 g/mol. The molecule has 13 heavy (non-hydrogen) atoms. The first-order valence-corrected chi connectivity index (χ1v) is 3.86. The summed E-state index contributed by atoms with van der Waals surface area (Å²) in [5, 5.41) is 17.7. The lowest BCUT2D eigenvalue weighted by molar-refractivity contribution is 0.142. The highest BCUT2D eigenvalue weighted by molar-refractivity contribution is 5.64. The molecule has 0 aliphatic heterocycles. The van der Waals surface area contributed by atoms with Gasteiger partial charge in [0.15, 0.2) is 11.5 Å². The van der Waals surface area contributed by atoms with E-state index in [1.54, 1.807) is 12.1 Å². The third-order valence-corrected chi connectivity index (χ3v) is 1.65. The predicted octanol–water partition coefficient (Wildman–Crippen LogP) is 2.01. The van der Waals surface area contributed by atoms with Crippen molar-refractivity contribution < 1.29 is 19.7 Å². The van der Waals surface area contributed by atoms with Crippen LogP contribution in [0.5, 0.6) is 11.5 Å². The lowest BCUT2D eigenvalue weighted by Gasteiger charge is -2.07. The topological polar surface area (TPSA) is 66.8 Å². The molecule has 0 aliphatic carbocycles. The van der Waals surface area contributed by atoms with E-state index in [-0.39, 0.29) is 11.5 Å². The van der Waals surface area contributed by atoms with Crippen molar-refractivity contribution in [3.05, 3.63) is 23.8 Å². The quantitative estimate of drug-likeness (QED) is 0.542. The van der Waals surface area contributed by atoms with Crippen molar-refractivity contribution in [2.24, 2.45) is 0 Å². The molecule has 0 unspecified atom stereocenters. The molecule has 2 N–H and O–H groups in total. The van der Waals surface area contributed by atoms with Crippen molar-refractivity contribution in [3.63, 3.8) is 0 Å². The number of aryl methyl sites for hydroxylation is 1. The van der Waals surface area contributed by atoms with Gasteiger partial charge in [0, 0.05) is 0 Å². The van der Waals surface area contributed by atoms with Gasteiger partial charge in [0.05, 0.1) is 0 Å². The minimum atomic E-state index is -1.42. The number of ether oxygens (including phenoxy) is 1. The number of carbonyl (C=O) groups is 1. The van der Waals surface area contributed by atoms with Crippen LogP contribution in [-0.4, -0.2) is 16.4 Å². The van der Waals surface area contributed by atoms with Crippen molar-refractivity contribution >= 4 is 6.16 Å². The van der Waals surface area contributed by atoms with Crippen LogP contribution in [0.15, 0.2) is 18.2 Å². The molecule has 4 heteroatoms. The molecule has 0 amide bonds. The number of phenolic OH excluding ortho intramolecular Hbond substituents is 1. The third-order valence-electron chi connectivity index (χ3n) is 1.65. The molecule has 0 atom stereocenters. The van der Waals surface area contributed by atoms with Gasteiger partial charge in [0.25, 0.3) is 0 Å². The van der Waals surface area contributed by atoms with Gasteiger partial charge in [-0.15, -0.1) is 0 Å². The predicted molar refractivity (Wildman–Crippen MR) is 46.1 cm³/mol. The van der Waals surface area contributed by atoms with Crippen LogP contribution in [0.25, 0.3) is 0 Å². The summed E-state index contributed by atoms with van der Waals surface area (Å²) in [6, 6.07) is 4.73. The Kier molecular flexibility index (Phi) is 2.74. The van der Waals surface area contributed by atoms with Gasteiger partial charge in [-0.1, -0.05) is 19.1 Å². The highest BCUT2D eigenvalue weighted by Gasteiger charge is 2.10. The van der Waals surface area contributed by atoms with E-state index in [1.807, 2.05) is 6.92 Å². The van der Waals surface area contributed by atoms with Gasteiger partial charge in [0.2, 0.25) is 0 Å². The number of phenols is 1. The van der Waals surface area contributed by atoms with Crippen molar-refractivity contribution in [3.8, 4) is 11.5 Å². The van der Waals surface area contributed by atoms with Crippen molar-refractivity contribution in [1.29, 1.82) is 0 Å². The monoisotopic (exact) mass is 182 g/mol. The first kappa shape index (κ1) is 9.38. The van der Waals surface area contributed by atoms with E-state index in [0.717, 1.165) is 0 Å². The van der Waals surface area contributed by atoms with Crippen molar-refractivity contribution in [1.82, 2.24) is 0 Å². The van der Waals surface area contributed by atoms with E-state index in [2.05, 4.69) is 4.74 Å². The maximum absolute atomic E-state index is 10.3. The third kappa shape index (κ3) is 2.11. The summed E-state index contributed by atoms with van der Waals surface area (Å²) < 4.78 is 4.43. The molecule has 0 radical (unpaired) electrons. The van der Waals surface area contributed by atoms with Crippen LogP contribution in [-0.2, 0) is 6.42 Å². The first-order chi connectivity index (χ1) is 6.15. The van der Waals surface area contributed by atoms with Crippen LogP contribution in [0.3, 0.4) is 0 Å². The zero-order valence-electron chi connectivity index (χ0n) is 7.15. The van der Waals surface area contributed by atoms with Crippen molar-refractivity contribution in [2.45, 2.75) is 13.3 Å². The van der Waals surface area contributed by atoms with Crippen LogP contribution in [0.2, 0.25) is 0 Å². The summed E-state index contributed by atoms with van der Waals surface area (Å²) in [6.07, 6.45) is -0.812. The molecule has 4 nitrogen and oxygen atoms in total. The number of rotatable bonds is 2. The van der Waals surface area contributed by atoms with Crippen LogP contribution in [0, 0.1) is 0 Å². The molecule has 70 valence electrons. The summed E-state index contributed by atoms with van der Waals surface area (Å²) in [7, 11) is 0. The SMILES string of the molecule is CCc1cccc(O)c1OC(=O)O. The van der Waals surface area contributed by atoms with E-state index in [0.29, 0.717) is 12.0 Å². The second-order valence-electron chi connectivity index (χ2n) is 2.49.